The Morgan fingerprint density at radius 1 is 1.20 bits per heavy atom. The van der Waals surface area contributed by atoms with Gasteiger partial charge in [-0.2, -0.15) is 0 Å². The van der Waals surface area contributed by atoms with E-state index in [1.165, 1.54) is 0 Å². The molecule has 0 heterocycles. The standard InChI is InChI=1S/C11H10F2N2O5/c12-5-1-2-7(6(13)3-5)14-11(20)15-8(10(18)19)4-9(16)17/h1-3,8H,4H2,(H,16,17)(H,18,19)(H2,14,15,20)/t8-/m1/s1. The highest BCUT2D eigenvalue weighted by molar-refractivity contribution is 5.93. The second-order valence-corrected chi connectivity index (χ2v) is 3.71. The summed E-state index contributed by atoms with van der Waals surface area (Å²) in [6.45, 7) is 0. The topological polar surface area (TPSA) is 116 Å². The van der Waals surface area contributed by atoms with Gasteiger partial charge in [-0.05, 0) is 12.1 Å². The lowest BCUT2D eigenvalue weighted by molar-refractivity contribution is -0.145. The van der Waals surface area contributed by atoms with Crippen molar-refractivity contribution < 1.29 is 33.4 Å². The predicted molar refractivity (Wildman–Crippen MR) is 62.2 cm³/mol. The summed E-state index contributed by atoms with van der Waals surface area (Å²) in [4.78, 5) is 32.5. The van der Waals surface area contributed by atoms with Crippen molar-refractivity contribution in [2.75, 3.05) is 5.32 Å². The lowest BCUT2D eigenvalue weighted by Gasteiger charge is -2.13. The van der Waals surface area contributed by atoms with Crippen LogP contribution in [0, 0.1) is 11.6 Å². The molecule has 20 heavy (non-hydrogen) atoms. The Morgan fingerprint density at radius 3 is 2.35 bits per heavy atom. The van der Waals surface area contributed by atoms with E-state index in [2.05, 4.69) is 0 Å². The molecule has 0 saturated carbocycles. The Morgan fingerprint density at radius 2 is 1.85 bits per heavy atom. The van der Waals surface area contributed by atoms with Crippen molar-refractivity contribution in [3.63, 3.8) is 0 Å². The summed E-state index contributed by atoms with van der Waals surface area (Å²) in [5.41, 5.74) is -0.372. The molecule has 1 atom stereocenters. The summed E-state index contributed by atoms with van der Waals surface area (Å²) in [6.07, 6.45) is -0.839. The highest BCUT2D eigenvalue weighted by Crippen LogP contribution is 2.14. The van der Waals surface area contributed by atoms with E-state index in [9.17, 15) is 23.2 Å². The second kappa shape index (κ2) is 6.45. The minimum absolute atomic E-state index is 0.372. The Hall–Kier alpha value is -2.71. The summed E-state index contributed by atoms with van der Waals surface area (Å²) in [5, 5.41) is 21.0. The van der Waals surface area contributed by atoms with Crippen molar-refractivity contribution in [1.82, 2.24) is 5.32 Å². The molecule has 0 aliphatic carbocycles. The molecule has 9 heteroatoms. The number of hydrogen-bond donors (Lipinski definition) is 4. The number of amides is 2. The number of nitrogens with one attached hydrogen (secondary N) is 2. The van der Waals surface area contributed by atoms with Gasteiger partial charge < -0.3 is 20.8 Å². The van der Waals surface area contributed by atoms with Gasteiger partial charge in [-0.25, -0.2) is 18.4 Å². The minimum Gasteiger partial charge on any atom is -0.481 e. The maximum Gasteiger partial charge on any atom is 0.326 e. The van der Waals surface area contributed by atoms with Crippen molar-refractivity contribution >= 4 is 23.7 Å². The van der Waals surface area contributed by atoms with Gasteiger partial charge in [-0.1, -0.05) is 0 Å². The predicted octanol–water partition coefficient (Wildman–Crippen LogP) is 1.01. The SMILES string of the molecule is O=C(O)C[C@@H](NC(=O)Nc1ccc(F)cc1F)C(=O)O. The van der Waals surface area contributed by atoms with Crippen LogP contribution in [0.5, 0.6) is 0 Å². The molecule has 7 nitrogen and oxygen atoms in total. The van der Waals surface area contributed by atoms with E-state index < -0.39 is 42.1 Å². The zero-order valence-electron chi connectivity index (χ0n) is 9.89. The van der Waals surface area contributed by atoms with Crippen LogP contribution in [0.15, 0.2) is 18.2 Å². The number of urea groups is 1. The molecule has 2 amide bonds. The first-order valence-electron chi connectivity index (χ1n) is 5.26. The van der Waals surface area contributed by atoms with Gasteiger partial charge in [0.1, 0.15) is 17.7 Å². The Bertz CT molecular complexity index is 550. The molecule has 1 aromatic rings. The number of benzene rings is 1. The number of carbonyl (C=O) groups excluding carboxylic acids is 1. The first kappa shape index (κ1) is 15.3. The number of hydrogen-bond acceptors (Lipinski definition) is 3. The molecule has 0 bridgehead atoms. The zero-order chi connectivity index (χ0) is 15.3. The number of aliphatic carboxylic acids is 2. The van der Waals surface area contributed by atoms with Crippen LogP contribution in [0.2, 0.25) is 0 Å². The number of carboxylic acid groups (broad SMARTS) is 2. The molecule has 0 aromatic heterocycles. The van der Waals surface area contributed by atoms with E-state index in [0.29, 0.717) is 6.07 Å². The molecule has 0 aliphatic rings. The van der Waals surface area contributed by atoms with Crippen LogP contribution >= 0.6 is 0 Å². The Balaban J connectivity index is 2.70. The number of carbonyl (C=O) groups is 3. The normalized spacial score (nSPS) is 11.5. The fraction of sp³-hybridized carbons (Fsp3) is 0.182. The molecule has 0 saturated heterocycles. The van der Waals surface area contributed by atoms with Crippen LogP contribution in [0.3, 0.4) is 0 Å². The van der Waals surface area contributed by atoms with E-state index in [1.807, 2.05) is 10.6 Å². The molecule has 0 fully saturated rings. The minimum atomic E-state index is -1.67. The van der Waals surface area contributed by atoms with Crippen LogP contribution < -0.4 is 10.6 Å². The van der Waals surface area contributed by atoms with Gasteiger partial charge in [0, 0.05) is 6.07 Å². The van der Waals surface area contributed by atoms with E-state index in [-0.39, 0.29) is 5.69 Å². The molecule has 0 aliphatic heterocycles. The third kappa shape index (κ3) is 4.52. The van der Waals surface area contributed by atoms with Gasteiger partial charge in [0.05, 0.1) is 12.1 Å². The van der Waals surface area contributed by atoms with Gasteiger partial charge >= 0.3 is 18.0 Å². The van der Waals surface area contributed by atoms with Crippen LogP contribution in [0.25, 0.3) is 0 Å². The van der Waals surface area contributed by atoms with Crippen LogP contribution in [0.4, 0.5) is 19.3 Å². The molecule has 1 rings (SSSR count). The largest absolute Gasteiger partial charge is 0.481 e. The maximum absolute atomic E-state index is 13.2. The van der Waals surface area contributed by atoms with E-state index >= 15 is 0 Å². The molecule has 0 spiro atoms. The first-order valence-corrected chi connectivity index (χ1v) is 5.26. The van der Waals surface area contributed by atoms with Crippen molar-refractivity contribution in [3.8, 4) is 0 Å². The summed E-state index contributed by atoms with van der Waals surface area (Å²) in [5.74, 6) is -4.87. The van der Waals surface area contributed by atoms with E-state index in [1.54, 1.807) is 0 Å². The molecule has 108 valence electrons. The Labute approximate surface area is 111 Å². The average Bonchev–Trinajstić information content (AvgIpc) is 2.31. The molecular formula is C11H10F2N2O5. The van der Waals surface area contributed by atoms with Gasteiger partial charge in [-0.15, -0.1) is 0 Å². The summed E-state index contributed by atoms with van der Waals surface area (Å²) < 4.78 is 25.9. The van der Waals surface area contributed by atoms with Crippen molar-refractivity contribution in [2.45, 2.75) is 12.5 Å². The highest BCUT2D eigenvalue weighted by atomic mass is 19.1. The van der Waals surface area contributed by atoms with Crippen molar-refractivity contribution in [2.24, 2.45) is 0 Å². The van der Waals surface area contributed by atoms with Gasteiger partial charge in [-0.3, -0.25) is 4.79 Å². The molecule has 4 N–H and O–H groups in total. The fourth-order valence-electron chi connectivity index (χ4n) is 1.28. The summed E-state index contributed by atoms with van der Waals surface area (Å²) >= 11 is 0. The molecule has 0 unspecified atom stereocenters. The van der Waals surface area contributed by atoms with Gasteiger partial charge in [0.15, 0.2) is 0 Å². The van der Waals surface area contributed by atoms with Crippen LogP contribution in [-0.2, 0) is 9.59 Å². The van der Waals surface area contributed by atoms with Crippen LogP contribution in [0.1, 0.15) is 6.42 Å². The second-order valence-electron chi connectivity index (χ2n) is 3.71. The van der Waals surface area contributed by atoms with Gasteiger partial charge in [0.25, 0.3) is 0 Å². The molecular weight excluding hydrogens is 278 g/mol. The molecule has 0 radical (unpaired) electrons. The molecule has 1 aromatic carbocycles. The van der Waals surface area contributed by atoms with E-state index in [4.69, 9.17) is 10.2 Å². The summed E-state index contributed by atoms with van der Waals surface area (Å²) in [7, 11) is 0. The summed E-state index contributed by atoms with van der Waals surface area (Å²) in [6, 6.07) is -0.427. The number of halogens is 2. The smallest absolute Gasteiger partial charge is 0.326 e. The van der Waals surface area contributed by atoms with Crippen molar-refractivity contribution in [1.29, 1.82) is 0 Å². The number of anilines is 1. The number of carboxylic acids is 2. The van der Waals surface area contributed by atoms with Gasteiger partial charge in [0.2, 0.25) is 0 Å². The fourth-order valence-corrected chi connectivity index (χ4v) is 1.28. The first-order chi connectivity index (χ1) is 9.29. The third-order valence-corrected chi connectivity index (χ3v) is 2.16. The average molecular weight is 288 g/mol. The third-order valence-electron chi connectivity index (χ3n) is 2.16. The quantitative estimate of drug-likeness (QED) is 0.645. The van der Waals surface area contributed by atoms with Crippen LogP contribution in [-0.4, -0.2) is 34.2 Å². The maximum atomic E-state index is 13.2. The highest BCUT2D eigenvalue weighted by Gasteiger charge is 2.23. The lowest BCUT2D eigenvalue weighted by Crippen LogP contribution is -2.44. The lowest BCUT2D eigenvalue weighted by atomic mass is 10.2. The van der Waals surface area contributed by atoms with Crippen molar-refractivity contribution in [3.05, 3.63) is 29.8 Å². The number of rotatable bonds is 5. The Kier molecular flexibility index (Phi) is 4.95. The monoisotopic (exact) mass is 288 g/mol. The van der Waals surface area contributed by atoms with E-state index in [0.717, 1.165) is 12.1 Å². The zero-order valence-corrected chi connectivity index (χ0v) is 9.89.